The van der Waals surface area contributed by atoms with Crippen LogP contribution in [0.15, 0.2) is 30.5 Å². The highest BCUT2D eigenvalue weighted by molar-refractivity contribution is 5.94. The van der Waals surface area contributed by atoms with Crippen LogP contribution in [0.1, 0.15) is 19.8 Å². The van der Waals surface area contributed by atoms with Gasteiger partial charge in [-0.25, -0.2) is 4.98 Å². The Kier molecular flexibility index (Phi) is 4.13. The number of nitrogen functional groups attached to an aromatic ring is 1. The van der Waals surface area contributed by atoms with Gasteiger partial charge in [0.15, 0.2) is 0 Å². The lowest BCUT2D eigenvalue weighted by Crippen LogP contribution is -2.37. The van der Waals surface area contributed by atoms with Crippen molar-refractivity contribution in [3.8, 4) is 0 Å². The number of pyridine rings is 1. The number of piperidine rings is 1. The fraction of sp³-hybridized carbons (Fsp3) is 0.412. The summed E-state index contributed by atoms with van der Waals surface area (Å²) in [5.74, 6) is 0.889. The summed E-state index contributed by atoms with van der Waals surface area (Å²) in [6, 6.07) is 7.87. The highest BCUT2D eigenvalue weighted by atomic mass is 16.5. The summed E-state index contributed by atoms with van der Waals surface area (Å²) in [4.78, 5) is 18.6. The molecule has 0 saturated carbocycles. The molecule has 5 nitrogen and oxygen atoms in total. The first-order valence-electron chi connectivity index (χ1n) is 7.75. The molecule has 1 aliphatic heterocycles. The van der Waals surface area contributed by atoms with Crippen molar-refractivity contribution >= 4 is 28.2 Å². The lowest BCUT2D eigenvalue weighted by Gasteiger charge is -2.32. The first kappa shape index (κ1) is 14.6. The smallest absolute Gasteiger partial charge is 0.309 e. The summed E-state index contributed by atoms with van der Waals surface area (Å²) >= 11 is 0. The van der Waals surface area contributed by atoms with Crippen LogP contribution in [0.4, 0.5) is 11.5 Å². The van der Waals surface area contributed by atoms with E-state index in [0.717, 1.165) is 48.2 Å². The molecule has 1 aromatic heterocycles. The van der Waals surface area contributed by atoms with Gasteiger partial charge in [-0.2, -0.15) is 0 Å². The second-order valence-corrected chi connectivity index (χ2v) is 5.63. The summed E-state index contributed by atoms with van der Waals surface area (Å²) < 4.78 is 5.12. The number of nitrogens with two attached hydrogens (primary N) is 1. The number of nitrogens with zero attached hydrogens (tertiary/aromatic N) is 2. The molecule has 1 aromatic carbocycles. The van der Waals surface area contributed by atoms with E-state index in [2.05, 4.69) is 9.88 Å². The van der Waals surface area contributed by atoms with E-state index in [4.69, 9.17) is 10.5 Å². The lowest BCUT2D eigenvalue weighted by molar-refractivity contribution is -0.148. The van der Waals surface area contributed by atoms with E-state index in [0.29, 0.717) is 6.61 Å². The number of carbonyl (C=O) groups is 1. The van der Waals surface area contributed by atoms with Gasteiger partial charge >= 0.3 is 5.97 Å². The van der Waals surface area contributed by atoms with Gasteiger partial charge in [0.2, 0.25) is 0 Å². The average Bonchev–Trinajstić information content (AvgIpc) is 2.54. The van der Waals surface area contributed by atoms with E-state index in [1.54, 1.807) is 0 Å². The number of fused-ring (bicyclic) bond motifs is 1. The van der Waals surface area contributed by atoms with E-state index in [9.17, 15) is 4.79 Å². The zero-order valence-corrected chi connectivity index (χ0v) is 12.8. The zero-order valence-electron chi connectivity index (χ0n) is 12.8. The Morgan fingerprint density at radius 1 is 1.36 bits per heavy atom. The van der Waals surface area contributed by atoms with Gasteiger partial charge in [-0.05, 0) is 43.4 Å². The standard InChI is InChI=1S/C17H21N3O2/c1-2-22-17(21)13-6-9-20(10-7-13)16-15-11-14(18)4-3-12(15)5-8-19-16/h3-5,8,11,13H,2,6-7,9-10,18H2,1H3. The molecule has 2 N–H and O–H groups in total. The Morgan fingerprint density at radius 3 is 2.86 bits per heavy atom. The SMILES string of the molecule is CCOC(=O)C1CCN(c2nccc3ccc(N)cc23)CC1. The fourth-order valence-corrected chi connectivity index (χ4v) is 3.01. The van der Waals surface area contributed by atoms with Gasteiger partial charge in [0, 0.05) is 30.4 Å². The minimum absolute atomic E-state index is 0.0104. The van der Waals surface area contributed by atoms with E-state index in [1.807, 2.05) is 37.4 Å². The van der Waals surface area contributed by atoms with E-state index < -0.39 is 0 Å². The quantitative estimate of drug-likeness (QED) is 0.697. The summed E-state index contributed by atoms with van der Waals surface area (Å²) in [5, 5.41) is 2.20. The predicted molar refractivity (Wildman–Crippen MR) is 87.7 cm³/mol. The number of hydrogen-bond donors (Lipinski definition) is 1. The normalized spacial score (nSPS) is 16.0. The van der Waals surface area contributed by atoms with Crippen molar-refractivity contribution in [3.05, 3.63) is 30.5 Å². The minimum atomic E-state index is -0.0720. The van der Waals surface area contributed by atoms with Crippen LogP contribution in [0.3, 0.4) is 0 Å². The van der Waals surface area contributed by atoms with Crippen molar-refractivity contribution in [2.24, 2.45) is 5.92 Å². The third-order valence-electron chi connectivity index (χ3n) is 4.18. The van der Waals surface area contributed by atoms with Crippen LogP contribution in [0.5, 0.6) is 0 Å². The molecule has 0 aliphatic carbocycles. The Hall–Kier alpha value is -2.30. The first-order chi connectivity index (χ1) is 10.7. The van der Waals surface area contributed by atoms with E-state index in [-0.39, 0.29) is 11.9 Å². The van der Waals surface area contributed by atoms with E-state index in [1.165, 1.54) is 0 Å². The van der Waals surface area contributed by atoms with Gasteiger partial charge in [0.25, 0.3) is 0 Å². The van der Waals surface area contributed by atoms with Crippen molar-refractivity contribution in [1.29, 1.82) is 0 Å². The average molecular weight is 299 g/mol. The van der Waals surface area contributed by atoms with Crippen LogP contribution < -0.4 is 10.6 Å². The van der Waals surface area contributed by atoms with Crippen LogP contribution in [0.25, 0.3) is 10.8 Å². The number of ether oxygens (including phenoxy) is 1. The topological polar surface area (TPSA) is 68.5 Å². The molecule has 0 spiro atoms. The summed E-state index contributed by atoms with van der Waals surface area (Å²) in [6.07, 6.45) is 3.43. The highest BCUT2D eigenvalue weighted by Crippen LogP contribution is 2.29. The Bertz CT molecular complexity index is 679. The lowest BCUT2D eigenvalue weighted by atomic mass is 9.96. The second kappa shape index (κ2) is 6.22. The maximum Gasteiger partial charge on any atom is 0.309 e. The number of benzene rings is 1. The van der Waals surface area contributed by atoms with E-state index >= 15 is 0 Å². The molecule has 1 aliphatic rings. The van der Waals surface area contributed by atoms with Crippen LogP contribution in [-0.2, 0) is 9.53 Å². The first-order valence-corrected chi connectivity index (χ1v) is 7.75. The number of aromatic nitrogens is 1. The van der Waals surface area contributed by atoms with Gasteiger partial charge in [-0.15, -0.1) is 0 Å². The second-order valence-electron chi connectivity index (χ2n) is 5.63. The highest BCUT2D eigenvalue weighted by Gasteiger charge is 2.27. The van der Waals surface area contributed by atoms with Crippen molar-refractivity contribution in [2.75, 3.05) is 30.3 Å². The van der Waals surface area contributed by atoms with Crippen LogP contribution in [0, 0.1) is 5.92 Å². The molecule has 116 valence electrons. The maximum atomic E-state index is 11.8. The molecule has 0 atom stereocenters. The number of esters is 1. The third kappa shape index (κ3) is 2.84. The largest absolute Gasteiger partial charge is 0.466 e. The number of hydrogen-bond acceptors (Lipinski definition) is 5. The molecule has 22 heavy (non-hydrogen) atoms. The molecular weight excluding hydrogens is 278 g/mol. The molecule has 2 aromatic rings. The molecule has 2 heterocycles. The van der Waals surface area contributed by atoms with Crippen LogP contribution >= 0.6 is 0 Å². The molecular formula is C17H21N3O2. The summed E-state index contributed by atoms with van der Waals surface area (Å²) in [6.45, 7) is 3.91. The Morgan fingerprint density at radius 2 is 2.14 bits per heavy atom. The van der Waals surface area contributed by atoms with Gasteiger partial charge in [0.1, 0.15) is 5.82 Å². The van der Waals surface area contributed by atoms with Gasteiger partial charge in [0.05, 0.1) is 12.5 Å². The third-order valence-corrected chi connectivity index (χ3v) is 4.18. The number of anilines is 2. The number of rotatable bonds is 3. The number of carbonyl (C=O) groups excluding carboxylic acids is 1. The molecule has 0 radical (unpaired) electrons. The summed E-state index contributed by atoms with van der Waals surface area (Å²) in [5.41, 5.74) is 6.65. The summed E-state index contributed by atoms with van der Waals surface area (Å²) in [7, 11) is 0. The maximum absolute atomic E-state index is 11.8. The zero-order chi connectivity index (χ0) is 15.5. The molecule has 1 fully saturated rings. The van der Waals surface area contributed by atoms with Crippen LogP contribution in [-0.4, -0.2) is 30.6 Å². The molecule has 5 heteroatoms. The van der Waals surface area contributed by atoms with Gasteiger partial charge in [-0.1, -0.05) is 6.07 Å². The molecule has 0 bridgehead atoms. The fourth-order valence-electron chi connectivity index (χ4n) is 3.01. The van der Waals surface area contributed by atoms with Gasteiger partial charge < -0.3 is 15.4 Å². The predicted octanol–water partition coefficient (Wildman–Crippen LogP) is 2.60. The van der Waals surface area contributed by atoms with Gasteiger partial charge in [-0.3, -0.25) is 4.79 Å². The van der Waals surface area contributed by atoms with Crippen molar-refractivity contribution in [1.82, 2.24) is 4.98 Å². The van der Waals surface area contributed by atoms with Crippen molar-refractivity contribution in [2.45, 2.75) is 19.8 Å². The Balaban J connectivity index is 1.79. The Labute approximate surface area is 130 Å². The molecule has 0 amide bonds. The van der Waals surface area contributed by atoms with Crippen LogP contribution in [0.2, 0.25) is 0 Å². The minimum Gasteiger partial charge on any atom is -0.466 e. The monoisotopic (exact) mass is 299 g/mol. The van der Waals surface area contributed by atoms with Crippen molar-refractivity contribution < 1.29 is 9.53 Å². The van der Waals surface area contributed by atoms with Crippen molar-refractivity contribution in [3.63, 3.8) is 0 Å². The molecule has 3 rings (SSSR count). The molecule has 0 unspecified atom stereocenters. The molecule has 1 saturated heterocycles.